The second-order valence-electron chi connectivity index (χ2n) is 5.38. The van der Waals surface area contributed by atoms with Crippen LogP contribution in [0.15, 0.2) is 25.3 Å². The molecule has 0 heterocycles. The van der Waals surface area contributed by atoms with Crippen molar-refractivity contribution in [3.63, 3.8) is 0 Å². The van der Waals surface area contributed by atoms with Crippen molar-refractivity contribution in [2.45, 2.75) is 38.9 Å². The number of hydrogen-bond donors (Lipinski definition) is 1. The van der Waals surface area contributed by atoms with Gasteiger partial charge in [-0.3, -0.25) is 9.35 Å². The third-order valence-electron chi connectivity index (χ3n) is 3.26. The Morgan fingerprint density at radius 3 is 1.85 bits per heavy atom. The van der Waals surface area contributed by atoms with Gasteiger partial charge in [-0.25, -0.2) is 9.59 Å². The lowest BCUT2D eigenvalue weighted by molar-refractivity contribution is -0.168. The highest BCUT2D eigenvalue weighted by molar-refractivity contribution is 7.85. The van der Waals surface area contributed by atoms with Crippen molar-refractivity contribution < 1.29 is 41.6 Å². The van der Waals surface area contributed by atoms with Crippen molar-refractivity contribution in [1.29, 1.82) is 0 Å². The number of carbonyl (C=O) groups is 3. The van der Waals surface area contributed by atoms with Gasteiger partial charge >= 0.3 is 17.9 Å². The minimum absolute atomic E-state index is 0.0960. The molecule has 0 bridgehead atoms. The lowest BCUT2D eigenvalue weighted by Gasteiger charge is -2.27. The molecule has 0 amide bonds. The number of carbonyl (C=O) groups excluding carboxylic acids is 3. The predicted molar refractivity (Wildman–Crippen MR) is 91.6 cm³/mol. The summed E-state index contributed by atoms with van der Waals surface area (Å²) in [5, 5.41) is 0. The molecular formula is C16H24O9S. The Bertz CT molecular complexity index is 596. The van der Waals surface area contributed by atoms with E-state index in [9.17, 15) is 22.8 Å². The monoisotopic (exact) mass is 392 g/mol. The second kappa shape index (κ2) is 11.4. The van der Waals surface area contributed by atoms with E-state index in [2.05, 4.69) is 13.2 Å². The predicted octanol–water partition coefficient (Wildman–Crippen LogP) is 1.05. The fourth-order valence-electron chi connectivity index (χ4n) is 2.03. The zero-order valence-corrected chi connectivity index (χ0v) is 15.6. The van der Waals surface area contributed by atoms with E-state index in [-0.39, 0.29) is 19.4 Å². The average Bonchev–Trinajstić information content (AvgIpc) is 2.53. The number of hydrogen-bond acceptors (Lipinski definition) is 8. The van der Waals surface area contributed by atoms with Crippen LogP contribution >= 0.6 is 0 Å². The van der Waals surface area contributed by atoms with E-state index in [1.807, 2.05) is 0 Å². The summed E-state index contributed by atoms with van der Waals surface area (Å²) >= 11 is 0. The van der Waals surface area contributed by atoms with E-state index in [1.54, 1.807) is 0 Å². The third-order valence-corrected chi connectivity index (χ3v) is 4.07. The summed E-state index contributed by atoms with van der Waals surface area (Å²) in [5.74, 6) is -3.86. The van der Waals surface area contributed by atoms with Crippen molar-refractivity contribution in [1.82, 2.24) is 0 Å². The molecule has 0 fully saturated rings. The topological polar surface area (TPSA) is 133 Å². The fourth-order valence-corrected chi connectivity index (χ4v) is 2.60. The van der Waals surface area contributed by atoms with Crippen LogP contribution in [0.2, 0.25) is 0 Å². The Labute approximate surface area is 152 Å². The minimum Gasteiger partial charge on any atom is -0.465 e. The van der Waals surface area contributed by atoms with Gasteiger partial charge in [-0.15, -0.1) is 0 Å². The zero-order valence-electron chi connectivity index (χ0n) is 14.8. The fraction of sp³-hybridized carbons (Fsp3) is 0.562. The Morgan fingerprint density at radius 1 is 1.00 bits per heavy atom. The highest BCUT2D eigenvalue weighted by Gasteiger charge is 2.36. The summed E-state index contributed by atoms with van der Waals surface area (Å²) in [6, 6.07) is 0. The normalized spacial score (nSPS) is 14.4. The van der Waals surface area contributed by atoms with Crippen LogP contribution in [0.5, 0.6) is 0 Å². The number of ether oxygens (including phenoxy) is 3. The van der Waals surface area contributed by atoms with Gasteiger partial charge in [0.15, 0.2) is 0 Å². The SMILES string of the molecule is C=CC(=O)OC(C)C(C(=O)OCCCCS(=O)(=O)O)C(C)OC(=O)C=C. The summed E-state index contributed by atoms with van der Waals surface area (Å²) < 4.78 is 44.9. The van der Waals surface area contributed by atoms with Crippen molar-refractivity contribution in [3.05, 3.63) is 25.3 Å². The van der Waals surface area contributed by atoms with Gasteiger partial charge in [0.2, 0.25) is 0 Å². The van der Waals surface area contributed by atoms with Gasteiger partial charge in [-0.2, -0.15) is 8.42 Å². The van der Waals surface area contributed by atoms with Crippen molar-refractivity contribution >= 4 is 28.0 Å². The first-order chi connectivity index (χ1) is 12.0. The van der Waals surface area contributed by atoms with Crippen LogP contribution in [0.25, 0.3) is 0 Å². The van der Waals surface area contributed by atoms with Crippen LogP contribution < -0.4 is 0 Å². The van der Waals surface area contributed by atoms with E-state index in [0.29, 0.717) is 0 Å². The van der Waals surface area contributed by atoms with Crippen LogP contribution in [-0.2, 0) is 38.7 Å². The van der Waals surface area contributed by atoms with E-state index in [0.717, 1.165) is 12.2 Å². The maximum atomic E-state index is 12.3. The highest BCUT2D eigenvalue weighted by Crippen LogP contribution is 2.19. The molecule has 0 radical (unpaired) electrons. The Balaban J connectivity index is 4.87. The van der Waals surface area contributed by atoms with E-state index in [1.165, 1.54) is 13.8 Å². The summed E-state index contributed by atoms with van der Waals surface area (Å²) in [4.78, 5) is 35.0. The molecule has 0 aromatic rings. The molecule has 0 aliphatic carbocycles. The number of esters is 3. The van der Waals surface area contributed by atoms with Gasteiger partial charge < -0.3 is 14.2 Å². The summed E-state index contributed by atoms with van der Waals surface area (Å²) in [6.07, 6.45) is 0.193. The molecule has 0 saturated heterocycles. The highest BCUT2D eigenvalue weighted by atomic mass is 32.2. The molecule has 0 aliphatic heterocycles. The van der Waals surface area contributed by atoms with Crippen LogP contribution in [0, 0.1) is 5.92 Å². The lowest BCUT2D eigenvalue weighted by atomic mass is 9.97. The molecule has 1 N–H and O–H groups in total. The summed E-state index contributed by atoms with van der Waals surface area (Å²) in [6.45, 7) is 9.26. The standard InChI is InChI=1S/C16H24O9S/c1-5-13(17)24-11(3)15(12(4)25-14(18)6-2)16(19)23-9-7-8-10-26(20,21)22/h5-6,11-12,15H,1-2,7-10H2,3-4H3,(H,20,21,22). The summed E-state index contributed by atoms with van der Waals surface area (Å²) in [7, 11) is -4.08. The molecule has 2 unspecified atom stereocenters. The molecular weight excluding hydrogens is 368 g/mol. The van der Waals surface area contributed by atoms with Gasteiger partial charge in [0.1, 0.15) is 18.1 Å². The quantitative estimate of drug-likeness (QED) is 0.170. The van der Waals surface area contributed by atoms with E-state index < -0.39 is 51.9 Å². The number of unbranched alkanes of at least 4 members (excludes halogenated alkanes) is 1. The van der Waals surface area contributed by atoms with Gasteiger partial charge in [0.25, 0.3) is 10.1 Å². The maximum Gasteiger partial charge on any atom is 0.330 e. The van der Waals surface area contributed by atoms with Gasteiger partial charge in [-0.1, -0.05) is 13.2 Å². The largest absolute Gasteiger partial charge is 0.465 e. The average molecular weight is 392 g/mol. The maximum absolute atomic E-state index is 12.3. The molecule has 0 aromatic heterocycles. The second-order valence-corrected chi connectivity index (χ2v) is 6.95. The van der Waals surface area contributed by atoms with Crippen LogP contribution in [0.4, 0.5) is 0 Å². The van der Waals surface area contributed by atoms with Gasteiger partial charge in [0, 0.05) is 12.2 Å². The molecule has 0 spiro atoms. The van der Waals surface area contributed by atoms with E-state index in [4.69, 9.17) is 18.8 Å². The molecule has 148 valence electrons. The Kier molecular flexibility index (Phi) is 10.5. The molecule has 2 atom stereocenters. The first-order valence-corrected chi connectivity index (χ1v) is 9.40. The third kappa shape index (κ3) is 9.94. The Morgan fingerprint density at radius 2 is 1.46 bits per heavy atom. The number of rotatable bonds is 12. The van der Waals surface area contributed by atoms with Crippen LogP contribution in [0.1, 0.15) is 26.7 Å². The zero-order chi connectivity index (χ0) is 20.3. The smallest absolute Gasteiger partial charge is 0.330 e. The van der Waals surface area contributed by atoms with Gasteiger partial charge in [0.05, 0.1) is 12.4 Å². The molecule has 9 nitrogen and oxygen atoms in total. The lowest BCUT2D eigenvalue weighted by Crippen LogP contribution is -2.40. The first-order valence-electron chi connectivity index (χ1n) is 7.79. The molecule has 0 rings (SSSR count). The molecule has 0 aliphatic rings. The molecule has 0 saturated carbocycles. The van der Waals surface area contributed by atoms with Crippen molar-refractivity contribution in [2.24, 2.45) is 5.92 Å². The molecule has 26 heavy (non-hydrogen) atoms. The minimum atomic E-state index is -4.08. The van der Waals surface area contributed by atoms with Crippen molar-refractivity contribution in [2.75, 3.05) is 12.4 Å². The Hall–Kier alpha value is -2.20. The van der Waals surface area contributed by atoms with E-state index >= 15 is 0 Å². The molecule has 0 aromatic carbocycles. The van der Waals surface area contributed by atoms with Crippen LogP contribution in [-0.4, -0.2) is 55.4 Å². The first kappa shape index (κ1) is 23.8. The van der Waals surface area contributed by atoms with Crippen LogP contribution in [0.3, 0.4) is 0 Å². The van der Waals surface area contributed by atoms with Gasteiger partial charge in [-0.05, 0) is 26.7 Å². The van der Waals surface area contributed by atoms with Crippen molar-refractivity contribution in [3.8, 4) is 0 Å². The summed E-state index contributed by atoms with van der Waals surface area (Å²) in [5.41, 5.74) is 0. The molecule has 10 heteroatoms.